The van der Waals surface area contributed by atoms with Gasteiger partial charge in [-0.05, 0) is 71.5 Å². The number of nitrogens with zero attached hydrogens (tertiary/aromatic N) is 3. The van der Waals surface area contributed by atoms with Gasteiger partial charge in [-0.15, -0.1) is 0 Å². The molecule has 0 unspecified atom stereocenters. The van der Waals surface area contributed by atoms with E-state index in [2.05, 4.69) is 43.6 Å². The van der Waals surface area contributed by atoms with Gasteiger partial charge in [0.1, 0.15) is 11.6 Å². The molecule has 0 saturated heterocycles. The average molecular weight is 612 g/mol. The minimum atomic E-state index is -0.418. The molecule has 0 N–H and O–H groups in total. The second-order valence-corrected chi connectivity index (χ2v) is 10.1. The van der Waals surface area contributed by atoms with E-state index in [-0.39, 0.29) is 12.2 Å². The molecule has 0 radical (unpaired) electrons. The zero-order chi connectivity index (χ0) is 23.5. The molecule has 9 heteroatoms. The zero-order valence-electron chi connectivity index (χ0n) is 18.2. The van der Waals surface area contributed by atoms with Gasteiger partial charge >= 0.3 is 5.97 Å². The molecule has 1 aromatic heterocycles. The Bertz CT molecular complexity index is 1250. The van der Waals surface area contributed by atoms with Crippen LogP contribution in [0.2, 0.25) is 0 Å². The lowest BCUT2D eigenvalue weighted by Crippen LogP contribution is -2.29. The number of aromatic nitrogens is 2. The van der Waals surface area contributed by atoms with E-state index in [1.807, 2.05) is 39.0 Å². The van der Waals surface area contributed by atoms with Crippen LogP contribution in [0.4, 0.5) is 0 Å². The van der Waals surface area contributed by atoms with Crippen LogP contribution in [-0.4, -0.2) is 35.1 Å². The van der Waals surface area contributed by atoms with E-state index in [0.29, 0.717) is 29.1 Å². The monoisotopic (exact) mass is 611 g/mol. The van der Waals surface area contributed by atoms with E-state index in [0.717, 1.165) is 13.6 Å². The molecule has 0 fully saturated rings. The number of carbonyl (C=O) groups excluding carboxylic acids is 1. The van der Waals surface area contributed by atoms with E-state index in [1.165, 1.54) is 4.68 Å². The summed E-state index contributed by atoms with van der Waals surface area (Å²) in [5, 5.41) is 4.96. The van der Waals surface area contributed by atoms with Crippen LogP contribution in [0, 0.1) is 3.57 Å². The lowest BCUT2D eigenvalue weighted by molar-refractivity contribution is -0.145. The predicted octanol–water partition coefficient (Wildman–Crippen LogP) is 4.89. The van der Waals surface area contributed by atoms with Crippen LogP contribution < -0.4 is 10.3 Å². The van der Waals surface area contributed by atoms with Gasteiger partial charge in [0.15, 0.2) is 6.61 Å². The van der Waals surface area contributed by atoms with Gasteiger partial charge in [-0.2, -0.15) is 9.78 Å². The van der Waals surface area contributed by atoms with Gasteiger partial charge in [0.25, 0.3) is 5.56 Å². The highest BCUT2D eigenvalue weighted by molar-refractivity contribution is 14.1. The number of hydrogen-bond acceptors (Lipinski definition) is 6. The predicted molar refractivity (Wildman–Crippen MR) is 137 cm³/mol. The molecule has 0 atom stereocenters. The van der Waals surface area contributed by atoms with Crippen LogP contribution >= 0.6 is 38.5 Å². The maximum atomic E-state index is 13.2. The van der Waals surface area contributed by atoms with E-state index >= 15 is 0 Å². The maximum Gasteiger partial charge on any atom is 0.344 e. The van der Waals surface area contributed by atoms with Crippen molar-refractivity contribution in [2.45, 2.75) is 33.1 Å². The number of ether oxygens (including phenoxy) is 2. The summed E-state index contributed by atoms with van der Waals surface area (Å²) in [5.41, 5.74) is 0.782. The summed E-state index contributed by atoms with van der Waals surface area (Å²) in [5.74, 6) is 0.719. The molecular formula is C23H23BrIN3O4. The highest BCUT2D eigenvalue weighted by Crippen LogP contribution is 2.24. The number of esters is 1. The Hall–Kier alpha value is -2.27. The van der Waals surface area contributed by atoms with E-state index in [1.54, 1.807) is 31.3 Å². The molecule has 0 aliphatic carbocycles. The standard InChI is InChI=1S/C23H23BrIN3O4/c1-5-31-20(29)13-32-19-9-6-14(10-17(19)25)12-26-28-21(30)16-11-15(24)7-8-18(16)27-22(28)23(2,3)4/h6-12H,5,13H2,1-4H3. The summed E-state index contributed by atoms with van der Waals surface area (Å²) < 4.78 is 13.3. The summed E-state index contributed by atoms with van der Waals surface area (Å²) in [6.45, 7) is 7.87. The van der Waals surface area contributed by atoms with Gasteiger partial charge in [-0.25, -0.2) is 9.78 Å². The average Bonchev–Trinajstić information content (AvgIpc) is 2.72. The highest BCUT2D eigenvalue weighted by Gasteiger charge is 2.23. The lowest BCUT2D eigenvalue weighted by Gasteiger charge is -2.20. The fourth-order valence-corrected chi connectivity index (χ4v) is 3.98. The number of halogens is 2. The van der Waals surface area contributed by atoms with Crippen molar-refractivity contribution in [3.8, 4) is 5.75 Å². The van der Waals surface area contributed by atoms with Crippen molar-refractivity contribution in [1.29, 1.82) is 0 Å². The van der Waals surface area contributed by atoms with Crippen LogP contribution in [0.1, 0.15) is 39.1 Å². The first-order valence-corrected chi connectivity index (χ1v) is 11.8. The molecule has 0 aliphatic rings. The molecule has 0 aliphatic heterocycles. The maximum absolute atomic E-state index is 13.2. The molecule has 0 bridgehead atoms. The van der Waals surface area contributed by atoms with Crippen LogP contribution in [0.3, 0.4) is 0 Å². The van der Waals surface area contributed by atoms with E-state index in [9.17, 15) is 9.59 Å². The van der Waals surface area contributed by atoms with Crippen molar-refractivity contribution >= 4 is 61.6 Å². The third-order valence-corrected chi connectivity index (χ3v) is 5.74. The normalized spacial score (nSPS) is 11.8. The van der Waals surface area contributed by atoms with Gasteiger partial charge in [0.2, 0.25) is 0 Å². The Balaban J connectivity index is 1.96. The SMILES string of the molecule is CCOC(=O)COc1ccc(C=Nn2c(C(C)(C)C)nc3ccc(Br)cc3c2=O)cc1I. The van der Waals surface area contributed by atoms with Crippen LogP contribution in [0.15, 0.2) is 50.8 Å². The topological polar surface area (TPSA) is 82.8 Å². The number of hydrogen-bond donors (Lipinski definition) is 0. The third-order valence-electron chi connectivity index (χ3n) is 4.41. The molecule has 7 nitrogen and oxygen atoms in total. The zero-order valence-corrected chi connectivity index (χ0v) is 21.9. The molecule has 1 heterocycles. The van der Waals surface area contributed by atoms with Crippen LogP contribution in [0.5, 0.6) is 5.75 Å². The van der Waals surface area contributed by atoms with Gasteiger partial charge in [0.05, 0.1) is 27.3 Å². The Morgan fingerprint density at radius 1 is 1.25 bits per heavy atom. The first-order valence-electron chi connectivity index (χ1n) is 9.95. The number of carbonyl (C=O) groups is 1. The molecule has 0 spiro atoms. The number of benzene rings is 2. The van der Waals surface area contributed by atoms with Gasteiger partial charge in [-0.3, -0.25) is 4.79 Å². The van der Waals surface area contributed by atoms with Crippen molar-refractivity contribution in [2.24, 2.45) is 5.10 Å². The molecule has 2 aromatic carbocycles. The molecule has 0 saturated carbocycles. The van der Waals surface area contributed by atoms with Crippen molar-refractivity contribution in [2.75, 3.05) is 13.2 Å². The molecule has 0 amide bonds. The summed E-state index contributed by atoms with van der Waals surface area (Å²) in [6, 6.07) is 10.9. The number of rotatable bonds is 6. The van der Waals surface area contributed by atoms with Crippen molar-refractivity contribution < 1.29 is 14.3 Å². The van der Waals surface area contributed by atoms with Crippen LogP contribution in [0.25, 0.3) is 10.9 Å². The van der Waals surface area contributed by atoms with Gasteiger partial charge in [-0.1, -0.05) is 36.7 Å². The minimum Gasteiger partial charge on any atom is -0.481 e. The van der Waals surface area contributed by atoms with E-state index in [4.69, 9.17) is 14.5 Å². The molecule has 3 rings (SSSR count). The first kappa shape index (κ1) is 24.4. The molecule has 3 aromatic rings. The summed E-state index contributed by atoms with van der Waals surface area (Å²) >= 11 is 5.54. The van der Waals surface area contributed by atoms with Crippen molar-refractivity contribution in [3.05, 3.63) is 66.2 Å². The van der Waals surface area contributed by atoms with Crippen molar-refractivity contribution in [1.82, 2.24) is 9.66 Å². The largest absolute Gasteiger partial charge is 0.481 e. The number of fused-ring (bicyclic) bond motifs is 1. The summed E-state index contributed by atoms with van der Waals surface area (Å²) in [7, 11) is 0. The van der Waals surface area contributed by atoms with Gasteiger partial charge in [0, 0.05) is 9.89 Å². The summed E-state index contributed by atoms with van der Waals surface area (Å²) in [6.07, 6.45) is 1.61. The minimum absolute atomic E-state index is 0.153. The summed E-state index contributed by atoms with van der Waals surface area (Å²) in [4.78, 5) is 29.4. The van der Waals surface area contributed by atoms with Gasteiger partial charge < -0.3 is 9.47 Å². The first-order chi connectivity index (χ1) is 15.1. The molecule has 32 heavy (non-hydrogen) atoms. The molecule has 168 valence electrons. The fraction of sp³-hybridized carbons (Fsp3) is 0.304. The second-order valence-electron chi connectivity index (χ2n) is 7.99. The second kappa shape index (κ2) is 10.1. The molecular weight excluding hydrogens is 589 g/mol. The van der Waals surface area contributed by atoms with E-state index < -0.39 is 11.4 Å². The smallest absolute Gasteiger partial charge is 0.344 e. The lowest BCUT2D eigenvalue weighted by atomic mass is 9.95. The van der Waals surface area contributed by atoms with Crippen LogP contribution in [-0.2, 0) is 14.9 Å². The Morgan fingerprint density at radius 3 is 2.66 bits per heavy atom. The third kappa shape index (κ3) is 5.74. The Labute approximate surface area is 208 Å². The quantitative estimate of drug-likeness (QED) is 0.225. The van der Waals surface area contributed by atoms with Crippen molar-refractivity contribution in [3.63, 3.8) is 0 Å². The Morgan fingerprint density at radius 2 is 2.00 bits per heavy atom. The Kier molecular flexibility index (Phi) is 7.71. The fourth-order valence-electron chi connectivity index (χ4n) is 2.92. The highest BCUT2D eigenvalue weighted by atomic mass is 127.